The molecule has 0 aromatic carbocycles. The highest BCUT2D eigenvalue weighted by Crippen LogP contribution is 2.21. The number of hydrogen-bond acceptors (Lipinski definition) is 5. The lowest BCUT2D eigenvalue weighted by atomic mass is 9.99. The summed E-state index contributed by atoms with van der Waals surface area (Å²) in [6.07, 6.45) is 5.90. The molecule has 2 aliphatic rings. The van der Waals surface area contributed by atoms with Gasteiger partial charge in [-0.1, -0.05) is 6.92 Å². The topological polar surface area (TPSA) is 96.4 Å². The smallest absolute Gasteiger partial charge is 0.272 e. The third-order valence-corrected chi connectivity index (χ3v) is 6.94. The van der Waals surface area contributed by atoms with Gasteiger partial charge in [0.1, 0.15) is 5.69 Å². The molecule has 8 heteroatoms. The fourth-order valence-electron chi connectivity index (χ4n) is 3.71. The summed E-state index contributed by atoms with van der Waals surface area (Å²) in [4.78, 5) is 31.3. The first kappa shape index (κ1) is 18.8. The summed E-state index contributed by atoms with van der Waals surface area (Å²) in [5, 5.41) is 2.75. The molecule has 7 nitrogen and oxygen atoms in total. The Labute approximate surface area is 154 Å². The van der Waals surface area contributed by atoms with Gasteiger partial charge in [0.25, 0.3) is 11.8 Å². The summed E-state index contributed by atoms with van der Waals surface area (Å²) >= 11 is 0. The molecular formula is C18H25N3O4S. The molecule has 0 bridgehead atoms. The van der Waals surface area contributed by atoms with Gasteiger partial charge in [0, 0.05) is 30.4 Å². The fourth-order valence-corrected chi connectivity index (χ4v) is 5.38. The van der Waals surface area contributed by atoms with Crippen LogP contribution in [0.3, 0.4) is 0 Å². The van der Waals surface area contributed by atoms with Crippen LogP contribution in [0.1, 0.15) is 59.9 Å². The number of carbonyl (C=O) groups excluding carboxylic acids is 2. The number of amides is 2. The van der Waals surface area contributed by atoms with E-state index in [9.17, 15) is 18.0 Å². The Kier molecular flexibility index (Phi) is 5.60. The second-order valence-corrected chi connectivity index (χ2v) is 9.29. The van der Waals surface area contributed by atoms with E-state index in [1.54, 1.807) is 6.07 Å². The molecule has 2 amide bonds. The van der Waals surface area contributed by atoms with Crippen LogP contribution in [0, 0.1) is 0 Å². The second-order valence-electron chi connectivity index (χ2n) is 7.06. The average Bonchev–Trinajstić information content (AvgIpc) is 2.99. The van der Waals surface area contributed by atoms with Crippen molar-refractivity contribution < 1.29 is 18.0 Å². The molecular weight excluding hydrogens is 354 g/mol. The number of sulfone groups is 1. The summed E-state index contributed by atoms with van der Waals surface area (Å²) in [5.74, 6) is -0.434. The van der Waals surface area contributed by atoms with E-state index < -0.39 is 9.84 Å². The third-order valence-electron chi connectivity index (χ3n) is 5.17. The summed E-state index contributed by atoms with van der Waals surface area (Å²) < 4.78 is 23.1. The van der Waals surface area contributed by atoms with Crippen molar-refractivity contribution in [1.82, 2.24) is 15.2 Å². The quantitative estimate of drug-likeness (QED) is 0.853. The largest absolute Gasteiger partial charge is 0.348 e. The van der Waals surface area contributed by atoms with E-state index in [0.29, 0.717) is 12.0 Å². The SMILES string of the molecule is CCC1CCCCN1C(=O)c1cc(C(=O)NC2CCS(=O)(=O)C2)ccn1. The molecule has 1 aromatic heterocycles. The lowest BCUT2D eigenvalue weighted by Gasteiger charge is -2.35. The molecule has 3 rings (SSSR count). The number of likely N-dealkylation sites (tertiary alicyclic amines) is 1. The summed E-state index contributed by atoms with van der Waals surface area (Å²) in [6.45, 7) is 2.79. The molecule has 1 aromatic rings. The molecule has 0 radical (unpaired) electrons. The maximum Gasteiger partial charge on any atom is 0.272 e. The van der Waals surface area contributed by atoms with Crippen LogP contribution in [0.5, 0.6) is 0 Å². The van der Waals surface area contributed by atoms with Crippen LogP contribution in [0.25, 0.3) is 0 Å². The number of carbonyl (C=O) groups is 2. The Morgan fingerprint density at radius 3 is 2.81 bits per heavy atom. The lowest BCUT2D eigenvalue weighted by Crippen LogP contribution is -2.43. The van der Waals surface area contributed by atoms with Gasteiger partial charge in [-0.15, -0.1) is 0 Å². The molecule has 3 heterocycles. The van der Waals surface area contributed by atoms with Crippen LogP contribution >= 0.6 is 0 Å². The molecule has 26 heavy (non-hydrogen) atoms. The van der Waals surface area contributed by atoms with Crippen LogP contribution in [0.15, 0.2) is 18.3 Å². The number of nitrogens with one attached hydrogen (secondary N) is 1. The third kappa shape index (κ3) is 4.23. The van der Waals surface area contributed by atoms with Crippen molar-refractivity contribution in [3.8, 4) is 0 Å². The molecule has 1 N–H and O–H groups in total. The van der Waals surface area contributed by atoms with Gasteiger partial charge in [-0.05, 0) is 44.2 Å². The Morgan fingerprint density at radius 1 is 1.31 bits per heavy atom. The van der Waals surface area contributed by atoms with Crippen molar-refractivity contribution in [3.63, 3.8) is 0 Å². The maximum absolute atomic E-state index is 12.8. The van der Waals surface area contributed by atoms with Crippen molar-refractivity contribution in [2.24, 2.45) is 0 Å². The predicted molar refractivity (Wildman–Crippen MR) is 97.7 cm³/mol. The Hall–Kier alpha value is -1.96. The maximum atomic E-state index is 12.8. The lowest BCUT2D eigenvalue weighted by molar-refractivity contribution is 0.0602. The highest BCUT2D eigenvalue weighted by Gasteiger charge is 2.30. The van der Waals surface area contributed by atoms with Crippen molar-refractivity contribution in [1.29, 1.82) is 0 Å². The van der Waals surface area contributed by atoms with Crippen LogP contribution in [-0.4, -0.2) is 60.3 Å². The second kappa shape index (κ2) is 7.73. The molecule has 2 unspecified atom stereocenters. The molecule has 0 spiro atoms. The van der Waals surface area contributed by atoms with Crippen LogP contribution in [0.4, 0.5) is 0 Å². The van der Waals surface area contributed by atoms with Crippen LogP contribution in [0.2, 0.25) is 0 Å². The van der Waals surface area contributed by atoms with E-state index >= 15 is 0 Å². The van der Waals surface area contributed by atoms with E-state index in [4.69, 9.17) is 0 Å². The zero-order valence-electron chi connectivity index (χ0n) is 15.0. The zero-order chi connectivity index (χ0) is 18.7. The summed E-state index contributed by atoms with van der Waals surface area (Å²) in [5.41, 5.74) is 0.592. The van der Waals surface area contributed by atoms with Crippen molar-refractivity contribution >= 4 is 21.7 Å². The van der Waals surface area contributed by atoms with E-state index in [-0.39, 0.29) is 41.1 Å². The minimum Gasteiger partial charge on any atom is -0.348 e. The summed E-state index contributed by atoms with van der Waals surface area (Å²) in [7, 11) is -3.06. The number of pyridine rings is 1. The van der Waals surface area contributed by atoms with Gasteiger partial charge >= 0.3 is 0 Å². The van der Waals surface area contributed by atoms with Crippen LogP contribution < -0.4 is 5.32 Å². The molecule has 142 valence electrons. The van der Waals surface area contributed by atoms with Gasteiger partial charge in [-0.3, -0.25) is 14.6 Å². The van der Waals surface area contributed by atoms with Gasteiger partial charge in [-0.2, -0.15) is 0 Å². The van der Waals surface area contributed by atoms with Gasteiger partial charge in [0.05, 0.1) is 11.5 Å². The van der Waals surface area contributed by atoms with Gasteiger partial charge < -0.3 is 10.2 Å². The predicted octanol–water partition coefficient (Wildman–Crippen LogP) is 1.40. The fraction of sp³-hybridized carbons (Fsp3) is 0.611. The first-order chi connectivity index (χ1) is 12.4. The summed E-state index contributed by atoms with van der Waals surface area (Å²) in [6, 6.07) is 2.90. The van der Waals surface area contributed by atoms with E-state index in [1.807, 2.05) is 4.90 Å². The number of aromatic nitrogens is 1. The first-order valence-corrected chi connectivity index (χ1v) is 11.0. The first-order valence-electron chi connectivity index (χ1n) is 9.18. The minimum atomic E-state index is -3.06. The molecule has 2 fully saturated rings. The number of rotatable bonds is 4. The normalized spacial score (nSPS) is 25.0. The Morgan fingerprint density at radius 2 is 2.12 bits per heavy atom. The van der Waals surface area contributed by atoms with Gasteiger partial charge in [0.15, 0.2) is 9.84 Å². The molecule has 2 saturated heterocycles. The monoisotopic (exact) mass is 379 g/mol. The van der Waals surface area contributed by atoms with E-state index in [0.717, 1.165) is 32.2 Å². The molecule has 2 aliphatic heterocycles. The van der Waals surface area contributed by atoms with E-state index in [2.05, 4.69) is 17.2 Å². The van der Waals surface area contributed by atoms with Crippen molar-refractivity contribution in [2.75, 3.05) is 18.1 Å². The van der Waals surface area contributed by atoms with E-state index in [1.165, 1.54) is 12.3 Å². The number of hydrogen-bond donors (Lipinski definition) is 1. The average molecular weight is 379 g/mol. The van der Waals surface area contributed by atoms with Crippen molar-refractivity contribution in [2.45, 2.75) is 51.1 Å². The minimum absolute atomic E-state index is 0.0262. The number of nitrogens with zero attached hydrogens (tertiary/aromatic N) is 2. The highest BCUT2D eigenvalue weighted by atomic mass is 32.2. The highest BCUT2D eigenvalue weighted by molar-refractivity contribution is 7.91. The molecule has 0 saturated carbocycles. The molecule has 2 atom stereocenters. The standard InChI is InChI=1S/C18H25N3O4S/c1-2-15-5-3-4-9-21(15)18(23)16-11-13(6-8-19-16)17(22)20-14-7-10-26(24,25)12-14/h6,8,11,14-15H,2-5,7,9-10,12H2,1H3,(H,20,22). The molecule has 0 aliphatic carbocycles. The van der Waals surface area contributed by atoms with Crippen LogP contribution in [-0.2, 0) is 9.84 Å². The van der Waals surface area contributed by atoms with Gasteiger partial charge in [-0.25, -0.2) is 8.42 Å². The Bertz CT molecular complexity index is 793. The van der Waals surface area contributed by atoms with Crippen molar-refractivity contribution in [3.05, 3.63) is 29.6 Å². The Balaban J connectivity index is 1.71. The van der Waals surface area contributed by atoms with Gasteiger partial charge in [0.2, 0.25) is 0 Å². The number of piperidine rings is 1. The zero-order valence-corrected chi connectivity index (χ0v) is 15.8.